The fourth-order valence-electron chi connectivity index (χ4n) is 4.58. The van der Waals surface area contributed by atoms with E-state index in [1.807, 2.05) is 0 Å². The molecule has 14 nitrogen and oxygen atoms in total. The Hall–Kier alpha value is -5.15. The number of phenols is 4. The molecule has 1 aliphatic rings. The fourth-order valence-corrected chi connectivity index (χ4v) is 5.43. The Kier molecular flexibility index (Phi) is 9.11. The predicted octanol–water partition coefficient (Wildman–Crippen LogP) is 1.52. The number of amides is 1. The Morgan fingerprint density at radius 1 is 0.864 bits per heavy atom. The van der Waals surface area contributed by atoms with Gasteiger partial charge >= 0.3 is 11.9 Å². The van der Waals surface area contributed by atoms with Gasteiger partial charge < -0.3 is 35.2 Å². The summed E-state index contributed by atoms with van der Waals surface area (Å²) in [6.45, 7) is 0.963. The van der Waals surface area contributed by atoms with Gasteiger partial charge in [-0.05, 0) is 55.5 Å². The van der Waals surface area contributed by atoms with Crippen LogP contribution in [-0.2, 0) is 19.5 Å². The van der Waals surface area contributed by atoms with E-state index in [4.69, 9.17) is 9.47 Å². The Labute approximate surface area is 251 Å². The molecule has 0 aromatic heterocycles. The van der Waals surface area contributed by atoms with Gasteiger partial charge in [0.1, 0.15) is 34.7 Å². The van der Waals surface area contributed by atoms with Crippen molar-refractivity contribution in [3.63, 3.8) is 0 Å². The number of carbonyl (C=O) groups is 4. The maximum absolute atomic E-state index is 13.3. The molecule has 1 fully saturated rings. The third-order valence-electron chi connectivity index (χ3n) is 6.73. The number of aromatic hydroxyl groups is 4. The molecule has 1 aliphatic heterocycles. The quantitative estimate of drug-likeness (QED) is 0.168. The number of carbonyl (C=O) groups excluding carboxylic acids is 4. The normalized spacial score (nSPS) is 16.7. The smallest absolute Gasteiger partial charge is 0.339 e. The molecule has 0 aliphatic carbocycles. The summed E-state index contributed by atoms with van der Waals surface area (Å²) < 4.78 is 35.8. The second kappa shape index (κ2) is 12.6. The van der Waals surface area contributed by atoms with Gasteiger partial charge in [0.15, 0.2) is 0 Å². The summed E-state index contributed by atoms with van der Waals surface area (Å²) in [5.41, 5.74) is -1.88. The molecule has 3 aromatic carbocycles. The number of nitrogens with one attached hydrogen (secondary N) is 1. The van der Waals surface area contributed by atoms with Gasteiger partial charge in [0.2, 0.25) is 15.8 Å². The molecule has 0 saturated carbocycles. The second-order valence-electron chi connectivity index (χ2n) is 9.79. The van der Waals surface area contributed by atoms with E-state index in [0.29, 0.717) is 0 Å². The van der Waals surface area contributed by atoms with Crippen LogP contribution >= 0.6 is 0 Å². The van der Waals surface area contributed by atoms with Crippen LogP contribution < -0.4 is 5.32 Å². The van der Waals surface area contributed by atoms with Gasteiger partial charge in [0.25, 0.3) is 5.91 Å². The lowest BCUT2D eigenvalue weighted by atomic mass is 9.95. The van der Waals surface area contributed by atoms with Crippen molar-refractivity contribution in [3.8, 4) is 23.0 Å². The summed E-state index contributed by atoms with van der Waals surface area (Å²) in [7, 11) is -3.76. The first-order chi connectivity index (χ1) is 20.7. The third kappa shape index (κ3) is 6.74. The molecule has 0 bridgehead atoms. The van der Waals surface area contributed by atoms with Crippen LogP contribution in [0, 0.1) is 0 Å². The minimum atomic E-state index is -3.76. The van der Waals surface area contributed by atoms with Crippen LogP contribution in [0.1, 0.15) is 53.9 Å². The molecule has 1 amide bonds. The largest absolute Gasteiger partial charge is 0.508 e. The summed E-state index contributed by atoms with van der Waals surface area (Å²) in [4.78, 5) is 51.5. The molecule has 0 spiro atoms. The Bertz CT molecular complexity index is 1710. The summed E-state index contributed by atoms with van der Waals surface area (Å²) in [5.74, 6) is -6.31. The SMILES string of the molecule is CCOC(=O)c1cccc(O)c1C(=O)c1c(O)cc(C(=O)O[C@@H]2CN(S(C)(=O)=O)C[C@H]2NC(=O)c2ccc(O)cc2)cc1O. The lowest BCUT2D eigenvalue weighted by molar-refractivity contribution is 0.0275. The molecule has 44 heavy (non-hydrogen) atoms. The molecular weight excluding hydrogens is 600 g/mol. The van der Waals surface area contributed by atoms with Gasteiger partial charge in [-0.2, -0.15) is 4.31 Å². The van der Waals surface area contributed by atoms with Crippen LogP contribution in [0.2, 0.25) is 0 Å². The molecule has 15 heteroatoms. The maximum atomic E-state index is 13.3. The van der Waals surface area contributed by atoms with E-state index in [1.165, 1.54) is 43.3 Å². The predicted molar refractivity (Wildman–Crippen MR) is 152 cm³/mol. The van der Waals surface area contributed by atoms with E-state index in [2.05, 4.69) is 5.32 Å². The van der Waals surface area contributed by atoms with Crippen molar-refractivity contribution in [1.82, 2.24) is 9.62 Å². The van der Waals surface area contributed by atoms with Crippen LogP contribution in [0.15, 0.2) is 54.6 Å². The van der Waals surface area contributed by atoms with Crippen LogP contribution in [0.25, 0.3) is 0 Å². The molecule has 1 heterocycles. The van der Waals surface area contributed by atoms with E-state index >= 15 is 0 Å². The zero-order valence-electron chi connectivity index (χ0n) is 23.4. The number of rotatable bonds is 9. The van der Waals surface area contributed by atoms with Crippen molar-refractivity contribution >= 4 is 33.7 Å². The van der Waals surface area contributed by atoms with Gasteiger partial charge in [-0.3, -0.25) is 9.59 Å². The van der Waals surface area contributed by atoms with Crippen molar-refractivity contribution in [2.75, 3.05) is 26.0 Å². The van der Waals surface area contributed by atoms with Gasteiger partial charge in [-0.15, -0.1) is 0 Å². The first-order valence-electron chi connectivity index (χ1n) is 13.1. The van der Waals surface area contributed by atoms with Crippen molar-refractivity contribution < 1.29 is 57.5 Å². The topological polar surface area (TPSA) is 217 Å². The van der Waals surface area contributed by atoms with Crippen LogP contribution in [0.4, 0.5) is 0 Å². The highest BCUT2D eigenvalue weighted by Gasteiger charge is 2.41. The van der Waals surface area contributed by atoms with E-state index in [1.54, 1.807) is 0 Å². The standard InChI is InChI=1S/C29H28N2O12S/c1-3-42-29(39)18-5-4-6-20(33)24(18)26(36)25-21(34)11-16(12-22(25)35)28(38)43-23-14-31(44(2,40)41)13-19(23)30-27(37)15-7-9-17(32)10-8-15/h4-12,19,23,32-35H,3,13-14H2,1-2H3,(H,30,37)/t19-,23-/m1/s1. The summed E-state index contributed by atoms with van der Waals surface area (Å²) in [5, 5.41) is 43.7. The first-order valence-corrected chi connectivity index (χ1v) is 14.9. The number of ketones is 1. The number of esters is 2. The highest BCUT2D eigenvalue weighted by Crippen LogP contribution is 2.35. The molecule has 5 N–H and O–H groups in total. The minimum absolute atomic E-state index is 0.0281. The summed E-state index contributed by atoms with van der Waals surface area (Å²) in [6.07, 6.45) is -0.253. The van der Waals surface area contributed by atoms with Crippen molar-refractivity contribution in [2.24, 2.45) is 0 Å². The summed E-state index contributed by atoms with van der Waals surface area (Å²) >= 11 is 0. The average molecular weight is 629 g/mol. The molecule has 4 rings (SSSR count). The van der Waals surface area contributed by atoms with E-state index < -0.39 is 79.7 Å². The fraction of sp³-hybridized carbons (Fsp3) is 0.241. The third-order valence-corrected chi connectivity index (χ3v) is 7.97. The maximum Gasteiger partial charge on any atom is 0.339 e. The average Bonchev–Trinajstić information content (AvgIpc) is 3.35. The van der Waals surface area contributed by atoms with E-state index in [9.17, 15) is 48.0 Å². The molecular formula is C29H28N2O12S. The zero-order chi connectivity index (χ0) is 32.3. The highest BCUT2D eigenvalue weighted by atomic mass is 32.2. The lowest BCUT2D eigenvalue weighted by Gasteiger charge is -2.20. The molecule has 3 aromatic rings. The monoisotopic (exact) mass is 628 g/mol. The van der Waals surface area contributed by atoms with Crippen LogP contribution in [0.5, 0.6) is 23.0 Å². The summed E-state index contributed by atoms with van der Waals surface area (Å²) in [6, 6.07) is 9.51. The van der Waals surface area contributed by atoms with E-state index in [0.717, 1.165) is 28.8 Å². The number of sulfonamides is 1. The second-order valence-corrected chi connectivity index (χ2v) is 11.8. The number of ether oxygens (including phenoxy) is 2. The van der Waals surface area contributed by atoms with Gasteiger partial charge in [-0.25, -0.2) is 18.0 Å². The molecule has 0 unspecified atom stereocenters. The number of benzene rings is 3. The van der Waals surface area contributed by atoms with Crippen molar-refractivity contribution in [1.29, 1.82) is 0 Å². The first kappa shape index (κ1) is 31.8. The van der Waals surface area contributed by atoms with E-state index in [-0.39, 0.29) is 36.6 Å². The molecule has 2 atom stereocenters. The Morgan fingerprint density at radius 3 is 2.09 bits per heavy atom. The Morgan fingerprint density at radius 2 is 1.50 bits per heavy atom. The lowest BCUT2D eigenvalue weighted by Crippen LogP contribution is -2.44. The Balaban J connectivity index is 1.59. The molecule has 0 radical (unpaired) electrons. The molecule has 1 saturated heterocycles. The number of hydrogen-bond acceptors (Lipinski definition) is 12. The number of phenolic OH excluding ortho intramolecular Hbond substituents is 4. The highest BCUT2D eigenvalue weighted by molar-refractivity contribution is 7.88. The zero-order valence-corrected chi connectivity index (χ0v) is 24.2. The van der Waals surface area contributed by atoms with Crippen molar-refractivity contribution in [2.45, 2.75) is 19.1 Å². The van der Waals surface area contributed by atoms with Crippen molar-refractivity contribution in [3.05, 3.63) is 82.4 Å². The van der Waals surface area contributed by atoms with Gasteiger partial charge in [0, 0.05) is 12.1 Å². The van der Waals surface area contributed by atoms with Crippen LogP contribution in [0.3, 0.4) is 0 Å². The number of nitrogens with zero attached hydrogens (tertiary/aromatic N) is 1. The van der Waals surface area contributed by atoms with Crippen LogP contribution in [-0.4, -0.2) is 94.9 Å². The number of hydrogen-bond donors (Lipinski definition) is 5. The molecule has 232 valence electrons. The van der Waals surface area contributed by atoms with Gasteiger partial charge in [-0.1, -0.05) is 6.07 Å². The van der Waals surface area contributed by atoms with Gasteiger partial charge in [0.05, 0.1) is 42.1 Å². The minimum Gasteiger partial charge on any atom is -0.508 e.